The summed E-state index contributed by atoms with van der Waals surface area (Å²) in [5, 5.41) is 0. The Hall–Kier alpha value is -1.65. The molecule has 0 spiro atoms. The van der Waals surface area contributed by atoms with Crippen molar-refractivity contribution in [1.82, 2.24) is 4.72 Å². The van der Waals surface area contributed by atoms with Gasteiger partial charge in [0.05, 0.1) is 5.75 Å². The van der Waals surface area contributed by atoms with Crippen LogP contribution in [0.15, 0.2) is 60.7 Å². The Morgan fingerprint density at radius 1 is 0.905 bits per heavy atom. The summed E-state index contributed by atoms with van der Waals surface area (Å²) in [5.41, 5.74) is 1.78. The highest BCUT2D eigenvalue weighted by Crippen LogP contribution is 2.23. The molecule has 0 saturated heterocycles. The average Bonchev–Trinajstić information content (AvgIpc) is 2.46. The Kier molecular flexibility index (Phi) is 5.15. The highest BCUT2D eigenvalue weighted by molar-refractivity contribution is 7.88. The lowest BCUT2D eigenvalue weighted by atomic mass is 9.97. The first-order valence-corrected chi connectivity index (χ1v) is 8.72. The van der Waals surface area contributed by atoms with Gasteiger partial charge in [-0.05, 0) is 17.0 Å². The van der Waals surface area contributed by atoms with Gasteiger partial charge < -0.3 is 0 Å². The fraction of sp³-hybridized carbons (Fsp3) is 0.294. The van der Waals surface area contributed by atoms with E-state index >= 15 is 0 Å². The maximum Gasteiger partial charge on any atom is 0.216 e. The Morgan fingerprint density at radius 3 is 1.95 bits per heavy atom. The third kappa shape index (κ3) is 4.69. The van der Waals surface area contributed by atoms with Crippen molar-refractivity contribution in [2.45, 2.75) is 25.6 Å². The molecule has 0 aromatic heterocycles. The summed E-state index contributed by atoms with van der Waals surface area (Å²) in [6, 6.07) is 18.7. The summed E-state index contributed by atoms with van der Waals surface area (Å²) >= 11 is 0. The Balaban J connectivity index is 2.17. The van der Waals surface area contributed by atoms with Crippen LogP contribution in [0.3, 0.4) is 0 Å². The molecule has 1 unspecified atom stereocenters. The van der Waals surface area contributed by atoms with E-state index < -0.39 is 10.0 Å². The number of hydrogen-bond acceptors (Lipinski definition) is 2. The quantitative estimate of drug-likeness (QED) is 0.887. The third-order valence-corrected chi connectivity index (χ3v) is 4.66. The molecule has 0 saturated carbocycles. The molecule has 2 aromatic carbocycles. The number of rotatable bonds is 6. The van der Waals surface area contributed by atoms with Crippen LogP contribution in [-0.2, 0) is 15.8 Å². The molecule has 0 aliphatic heterocycles. The molecule has 0 heterocycles. The molecule has 2 rings (SSSR count). The molecule has 4 heteroatoms. The van der Waals surface area contributed by atoms with Crippen LogP contribution in [0.25, 0.3) is 0 Å². The van der Waals surface area contributed by atoms with Crippen LogP contribution in [0, 0.1) is 5.92 Å². The summed E-state index contributed by atoms with van der Waals surface area (Å²) in [7, 11) is -3.38. The highest BCUT2D eigenvalue weighted by atomic mass is 32.2. The van der Waals surface area contributed by atoms with E-state index in [1.807, 2.05) is 74.5 Å². The standard InChI is InChI=1S/C17H21NO2S/c1-14(2)17(16-11-7-4-8-12-16)18-21(19,20)13-15-9-5-3-6-10-15/h3-12,14,17-18H,13H2,1-2H3. The van der Waals surface area contributed by atoms with Crippen molar-refractivity contribution in [1.29, 1.82) is 0 Å². The minimum atomic E-state index is -3.38. The molecular weight excluding hydrogens is 282 g/mol. The van der Waals surface area contributed by atoms with Gasteiger partial charge in [-0.1, -0.05) is 74.5 Å². The van der Waals surface area contributed by atoms with Crippen LogP contribution in [0.4, 0.5) is 0 Å². The van der Waals surface area contributed by atoms with Gasteiger partial charge in [-0.3, -0.25) is 0 Å². The van der Waals surface area contributed by atoms with Crippen molar-refractivity contribution in [3.8, 4) is 0 Å². The topological polar surface area (TPSA) is 46.2 Å². The normalized spacial score (nSPS) is 13.3. The maximum atomic E-state index is 12.4. The molecule has 3 nitrogen and oxygen atoms in total. The van der Waals surface area contributed by atoms with E-state index in [4.69, 9.17) is 0 Å². The van der Waals surface area contributed by atoms with Gasteiger partial charge in [-0.2, -0.15) is 0 Å². The van der Waals surface area contributed by atoms with E-state index in [2.05, 4.69) is 4.72 Å². The van der Waals surface area contributed by atoms with Gasteiger partial charge in [0.2, 0.25) is 10.0 Å². The number of sulfonamides is 1. The molecule has 0 amide bonds. The second kappa shape index (κ2) is 6.87. The first-order chi connectivity index (χ1) is 9.98. The molecule has 2 aromatic rings. The lowest BCUT2D eigenvalue weighted by Crippen LogP contribution is -2.32. The second-order valence-electron chi connectivity index (χ2n) is 5.49. The van der Waals surface area contributed by atoms with Crippen molar-refractivity contribution >= 4 is 10.0 Å². The molecule has 1 atom stereocenters. The second-order valence-corrected chi connectivity index (χ2v) is 7.25. The number of benzene rings is 2. The van der Waals surface area contributed by atoms with Crippen LogP contribution in [0.5, 0.6) is 0 Å². The summed E-state index contributed by atoms with van der Waals surface area (Å²) in [4.78, 5) is 0. The summed E-state index contributed by atoms with van der Waals surface area (Å²) < 4.78 is 27.6. The van der Waals surface area contributed by atoms with Gasteiger partial charge in [-0.25, -0.2) is 13.1 Å². The SMILES string of the molecule is CC(C)C(NS(=O)(=O)Cc1ccccc1)c1ccccc1. The zero-order chi connectivity index (χ0) is 15.3. The van der Waals surface area contributed by atoms with Gasteiger partial charge >= 0.3 is 0 Å². The van der Waals surface area contributed by atoms with Crippen LogP contribution >= 0.6 is 0 Å². The first-order valence-electron chi connectivity index (χ1n) is 7.07. The van der Waals surface area contributed by atoms with Crippen molar-refractivity contribution in [3.05, 3.63) is 71.8 Å². The van der Waals surface area contributed by atoms with Crippen LogP contribution in [0.1, 0.15) is 31.0 Å². The van der Waals surface area contributed by atoms with Gasteiger partial charge in [-0.15, -0.1) is 0 Å². The molecule has 0 fully saturated rings. The van der Waals surface area contributed by atoms with Gasteiger partial charge in [0.1, 0.15) is 0 Å². The number of nitrogens with one attached hydrogen (secondary N) is 1. The summed E-state index contributed by atoms with van der Waals surface area (Å²) in [6.45, 7) is 4.03. The van der Waals surface area contributed by atoms with Crippen molar-refractivity contribution < 1.29 is 8.42 Å². The molecule has 0 aliphatic carbocycles. The predicted molar refractivity (Wildman–Crippen MR) is 86.2 cm³/mol. The predicted octanol–water partition coefficient (Wildman–Crippen LogP) is 3.50. The minimum absolute atomic E-state index is 0.00386. The van der Waals surface area contributed by atoms with Crippen LogP contribution in [0.2, 0.25) is 0 Å². The van der Waals surface area contributed by atoms with Crippen LogP contribution < -0.4 is 4.72 Å². The van der Waals surface area contributed by atoms with Crippen molar-refractivity contribution in [2.75, 3.05) is 0 Å². The summed E-state index contributed by atoms with van der Waals surface area (Å²) in [6.07, 6.45) is 0. The van der Waals surface area contributed by atoms with E-state index in [-0.39, 0.29) is 17.7 Å². The third-order valence-electron chi connectivity index (χ3n) is 3.33. The minimum Gasteiger partial charge on any atom is -0.212 e. The highest BCUT2D eigenvalue weighted by Gasteiger charge is 2.22. The molecule has 0 bridgehead atoms. The Labute approximate surface area is 127 Å². The van der Waals surface area contributed by atoms with E-state index in [9.17, 15) is 8.42 Å². The molecular formula is C17H21NO2S. The van der Waals surface area contributed by atoms with E-state index in [0.29, 0.717) is 0 Å². The largest absolute Gasteiger partial charge is 0.216 e. The fourth-order valence-electron chi connectivity index (χ4n) is 2.28. The van der Waals surface area contributed by atoms with E-state index in [1.165, 1.54) is 0 Å². The van der Waals surface area contributed by atoms with Gasteiger partial charge in [0, 0.05) is 6.04 Å². The molecule has 1 N–H and O–H groups in total. The average molecular weight is 303 g/mol. The van der Waals surface area contributed by atoms with E-state index in [0.717, 1.165) is 11.1 Å². The monoisotopic (exact) mass is 303 g/mol. The molecule has 0 radical (unpaired) electrons. The molecule has 21 heavy (non-hydrogen) atoms. The van der Waals surface area contributed by atoms with Gasteiger partial charge in [0.25, 0.3) is 0 Å². The van der Waals surface area contributed by atoms with Crippen molar-refractivity contribution in [3.63, 3.8) is 0 Å². The van der Waals surface area contributed by atoms with Gasteiger partial charge in [0.15, 0.2) is 0 Å². The first kappa shape index (κ1) is 15.7. The molecule has 0 aliphatic rings. The van der Waals surface area contributed by atoms with Crippen molar-refractivity contribution in [2.24, 2.45) is 5.92 Å². The van der Waals surface area contributed by atoms with Crippen LogP contribution in [-0.4, -0.2) is 8.42 Å². The molecule has 112 valence electrons. The lowest BCUT2D eigenvalue weighted by Gasteiger charge is -2.22. The summed E-state index contributed by atoms with van der Waals surface area (Å²) in [5.74, 6) is 0.183. The lowest BCUT2D eigenvalue weighted by molar-refractivity contribution is 0.462. The zero-order valence-corrected chi connectivity index (χ0v) is 13.2. The fourth-order valence-corrected chi connectivity index (χ4v) is 3.79. The zero-order valence-electron chi connectivity index (χ0n) is 12.4. The smallest absolute Gasteiger partial charge is 0.212 e. The number of hydrogen-bond donors (Lipinski definition) is 1. The Morgan fingerprint density at radius 2 is 1.43 bits per heavy atom. The Bertz CT molecular complexity index is 652. The maximum absolute atomic E-state index is 12.4. The van der Waals surface area contributed by atoms with E-state index in [1.54, 1.807) is 0 Å².